The number of benzene rings is 9. The molecule has 9 aromatic carbocycles. The zero-order valence-corrected chi connectivity index (χ0v) is 30.9. The van der Waals surface area contributed by atoms with Crippen LogP contribution in [0.1, 0.15) is 0 Å². The van der Waals surface area contributed by atoms with E-state index in [9.17, 15) is 0 Å². The first-order valence-electron chi connectivity index (χ1n) is 19.0. The summed E-state index contributed by atoms with van der Waals surface area (Å²) in [5, 5.41) is 13.0. The average Bonchev–Trinajstić information content (AvgIpc) is 3.90. The molecule has 0 fully saturated rings. The third kappa shape index (κ3) is 4.24. The molecule has 11 aromatic rings. The largest absolute Gasteiger partial charge is 0.456 e. The molecule has 1 aliphatic rings. The van der Waals surface area contributed by atoms with Gasteiger partial charge in [-0.25, -0.2) is 0 Å². The third-order valence-corrected chi connectivity index (χ3v) is 16.9. The second kappa shape index (κ2) is 11.5. The molecular formula is C52H33NOSi. The quantitative estimate of drug-likeness (QED) is 0.166. The van der Waals surface area contributed by atoms with E-state index in [-0.39, 0.29) is 0 Å². The normalized spacial score (nSPS) is 13.2. The molecule has 256 valence electrons. The van der Waals surface area contributed by atoms with E-state index in [0.717, 1.165) is 22.2 Å². The molecule has 0 spiro atoms. The summed E-state index contributed by atoms with van der Waals surface area (Å²) in [4.78, 5) is 0. The molecule has 0 saturated carbocycles. The minimum atomic E-state index is -2.59. The van der Waals surface area contributed by atoms with Crippen LogP contribution in [0, 0.1) is 0 Å². The Labute approximate surface area is 319 Å². The Morgan fingerprint density at radius 1 is 0.382 bits per heavy atom. The fourth-order valence-corrected chi connectivity index (χ4v) is 14.9. The van der Waals surface area contributed by atoms with Crippen molar-refractivity contribution < 1.29 is 4.42 Å². The monoisotopic (exact) mass is 715 g/mol. The van der Waals surface area contributed by atoms with Gasteiger partial charge in [-0.2, -0.15) is 0 Å². The molecule has 0 radical (unpaired) electrons. The van der Waals surface area contributed by atoms with Crippen LogP contribution in [-0.4, -0.2) is 12.6 Å². The lowest BCUT2D eigenvalue weighted by molar-refractivity contribution is 0.669. The number of para-hydroxylation sites is 2. The van der Waals surface area contributed by atoms with Crippen LogP contribution >= 0.6 is 0 Å². The number of aromatic nitrogens is 1. The first-order chi connectivity index (χ1) is 27.3. The van der Waals surface area contributed by atoms with Gasteiger partial charge >= 0.3 is 0 Å². The van der Waals surface area contributed by atoms with Gasteiger partial charge in [-0.1, -0.05) is 158 Å². The third-order valence-electron chi connectivity index (χ3n) is 12.1. The molecule has 3 heteroatoms. The van der Waals surface area contributed by atoms with Gasteiger partial charge in [0, 0.05) is 27.2 Å². The number of furan rings is 1. The highest BCUT2D eigenvalue weighted by molar-refractivity contribution is 7.22. The molecule has 1 aliphatic heterocycles. The van der Waals surface area contributed by atoms with Crippen LogP contribution in [0.2, 0.25) is 0 Å². The van der Waals surface area contributed by atoms with Gasteiger partial charge in [0.15, 0.2) is 8.07 Å². The second-order valence-corrected chi connectivity index (χ2v) is 18.5. The van der Waals surface area contributed by atoms with E-state index in [1.807, 2.05) is 6.07 Å². The van der Waals surface area contributed by atoms with Gasteiger partial charge in [-0.05, 0) is 96.2 Å². The summed E-state index contributed by atoms with van der Waals surface area (Å²) in [6.07, 6.45) is 0. The van der Waals surface area contributed by atoms with E-state index in [1.54, 1.807) is 0 Å². The molecule has 0 unspecified atom stereocenters. The summed E-state index contributed by atoms with van der Waals surface area (Å²) in [5.41, 5.74) is 10.6. The van der Waals surface area contributed by atoms with Crippen LogP contribution in [0.3, 0.4) is 0 Å². The van der Waals surface area contributed by atoms with Gasteiger partial charge in [-0.15, -0.1) is 0 Å². The van der Waals surface area contributed by atoms with Crippen molar-refractivity contribution >= 4 is 83.3 Å². The molecular weight excluding hydrogens is 683 g/mol. The number of hydrogen-bond acceptors (Lipinski definition) is 1. The summed E-state index contributed by atoms with van der Waals surface area (Å²) < 4.78 is 8.64. The van der Waals surface area contributed by atoms with Crippen molar-refractivity contribution in [2.75, 3.05) is 0 Å². The van der Waals surface area contributed by atoms with Crippen LogP contribution in [0.5, 0.6) is 0 Å². The predicted molar refractivity (Wildman–Crippen MR) is 234 cm³/mol. The van der Waals surface area contributed by atoms with Crippen molar-refractivity contribution in [3.8, 4) is 27.9 Å². The van der Waals surface area contributed by atoms with Crippen molar-refractivity contribution in [2.24, 2.45) is 0 Å². The van der Waals surface area contributed by atoms with E-state index in [2.05, 4.69) is 199 Å². The highest BCUT2D eigenvalue weighted by atomic mass is 28.3. The van der Waals surface area contributed by atoms with Gasteiger partial charge in [0.2, 0.25) is 0 Å². The lowest BCUT2D eigenvalue weighted by Gasteiger charge is -2.31. The molecule has 0 bridgehead atoms. The number of nitrogens with zero attached hydrogens (tertiary/aromatic N) is 1. The Bertz CT molecular complexity index is 3280. The van der Waals surface area contributed by atoms with E-state index in [1.165, 1.54) is 81.0 Å². The molecule has 0 atom stereocenters. The van der Waals surface area contributed by atoms with E-state index < -0.39 is 8.07 Å². The van der Waals surface area contributed by atoms with Gasteiger partial charge in [0.1, 0.15) is 11.2 Å². The van der Waals surface area contributed by atoms with Crippen molar-refractivity contribution in [3.63, 3.8) is 0 Å². The second-order valence-electron chi connectivity index (χ2n) is 14.8. The first-order valence-corrected chi connectivity index (χ1v) is 21.0. The smallest absolute Gasteiger partial charge is 0.180 e. The van der Waals surface area contributed by atoms with Crippen LogP contribution in [0.4, 0.5) is 0 Å². The van der Waals surface area contributed by atoms with Crippen molar-refractivity contribution in [1.82, 2.24) is 4.57 Å². The van der Waals surface area contributed by atoms with E-state index in [4.69, 9.17) is 4.42 Å². The first kappa shape index (κ1) is 30.5. The van der Waals surface area contributed by atoms with E-state index in [0.29, 0.717) is 0 Å². The van der Waals surface area contributed by atoms with Crippen LogP contribution in [0.25, 0.3) is 82.5 Å². The zero-order valence-electron chi connectivity index (χ0n) is 29.9. The topological polar surface area (TPSA) is 18.1 Å². The van der Waals surface area contributed by atoms with Crippen LogP contribution in [0.15, 0.2) is 205 Å². The van der Waals surface area contributed by atoms with Gasteiger partial charge in [0.05, 0.1) is 11.0 Å². The fraction of sp³-hybridized carbons (Fsp3) is 0. The summed E-state index contributed by atoms with van der Waals surface area (Å²) in [6, 6.07) is 74.2. The maximum Gasteiger partial charge on any atom is 0.180 e. The van der Waals surface area contributed by atoms with Crippen molar-refractivity contribution in [1.29, 1.82) is 0 Å². The molecule has 12 rings (SSSR count). The minimum Gasteiger partial charge on any atom is -0.456 e. The average molecular weight is 716 g/mol. The molecule has 55 heavy (non-hydrogen) atoms. The summed E-state index contributed by atoms with van der Waals surface area (Å²) in [7, 11) is -2.59. The Hall–Kier alpha value is -6.94. The fourth-order valence-electron chi connectivity index (χ4n) is 9.73. The molecule has 2 aromatic heterocycles. The molecule has 0 N–H and O–H groups in total. The lowest BCUT2D eigenvalue weighted by atomic mass is 9.99. The summed E-state index contributed by atoms with van der Waals surface area (Å²) in [5.74, 6) is 0. The van der Waals surface area contributed by atoms with Crippen LogP contribution < -0.4 is 20.7 Å². The molecule has 2 nitrogen and oxygen atoms in total. The lowest BCUT2D eigenvalue weighted by Crippen LogP contribution is -2.72. The number of fused-ring (bicyclic) bond motifs is 11. The molecule has 3 heterocycles. The Morgan fingerprint density at radius 2 is 1.04 bits per heavy atom. The standard InChI is InChI=1S/C52H33NOSi/c1-3-13-38(14-4-1)55(39-15-5-2-6-16-39)50-22-12-9-18-42(50)43-27-23-35(33-51(43)55)34-24-29-47-45(32-34)41-17-7-10-20-46(41)53(47)37-26-28-40-36(31-37)25-30-49-52(40)44-19-8-11-21-48(44)54-49/h1-33H. The van der Waals surface area contributed by atoms with E-state index >= 15 is 0 Å². The molecule has 0 aliphatic carbocycles. The minimum absolute atomic E-state index is 0.924. The maximum absolute atomic E-state index is 6.22. The van der Waals surface area contributed by atoms with Crippen LogP contribution in [-0.2, 0) is 0 Å². The Kier molecular flexibility index (Phi) is 6.39. The number of hydrogen-bond donors (Lipinski definition) is 0. The summed E-state index contributed by atoms with van der Waals surface area (Å²) in [6.45, 7) is 0. The maximum atomic E-state index is 6.22. The Balaban J connectivity index is 1.05. The SMILES string of the molecule is c1ccc([Si]2(c3ccccc3)c3ccccc3-c3ccc(-c4ccc5c(c4)c4ccccc4n5-c4ccc5c(ccc6oc7ccccc7c65)c4)cc32)cc1. The summed E-state index contributed by atoms with van der Waals surface area (Å²) >= 11 is 0. The van der Waals surface area contributed by atoms with Crippen molar-refractivity contribution in [3.05, 3.63) is 200 Å². The zero-order chi connectivity index (χ0) is 36.1. The molecule has 0 amide bonds. The highest BCUT2D eigenvalue weighted by Crippen LogP contribution is 2.39. The highest BCUT2D eigenvalue weighted by Gasteiger charge is 2.48. The predicted octanol–water partition coefficient (Wildman–Crippen LogP) is 10.9. The van der Waals surface area contributed by atoms with Crippen molar-refractivity contribution in [2.45, 2.75) is 0 Å². The molecule has 0 saturated heterocycles. The van der Waals surface area contributed by atoms with Gasteiger partial charge in [-0.3, -0.25) is 0 Å². The number of rotatable bonds is 4. The van der Waals surface area contributed by atoms with Gasteiger partial charge in [0.25, 0.3) is 0 Å². The Morgan fingerprint density at radius 3 is 1.87 bits per heavy atom. The van der Waals surface area contributed by atoms with Gasteiger partial charge < -0.3 is 8.98 Å².